The monoisotopic (exact) mass is 2090 g/mol. The summed E-state index contributed by atoms with van der Waals surface area (Å²) in [4.78, 5) is 129. The van der Waals surface area contributed by atoms with Gasteiger partial charge in [-0.1, -0.05) is 176 Å². The van der Waals surface area contributed by atoms with Crippen LogP contribution in [-0.2, 0) is 121 Å². The third kappa shape index (κ3) is 34.8. The number of hydrogen-bond donors (Lipinski definition) is 8. The van der Waals surface area contributed by atoms with E-state index in [9.17, 15) is 74.0 Å². The molecule has 0 bridgehead atoms. The first-order chi connectivity index (χ1) is 72.0. The summed E-state index contributed by atoms with van der Waals surface area (Å²) in [5.74, 6) is -2.20. The number of nitro benzene ring substituents is 1. The lowest BCUT2D eigenvalue weighted by Gasteiger charge is -2.12. The Labute approximate surface area is 879 Å². The first-order valence-electron chi connectivity index (χ1n) is 49.0. The fourth-order valence-electron chi connectivity index (χ4n) is 16.0. The molecule has 0 aliphatic heterocycles. The number of carboxylic acids is 8. The molecule has 0 radical (unpaired) electrons. The average Bonchev–Trinajstić information content (AvgIpc) is 1.80. The van der Waals surface area contributed by atoms with Crippen LogP contribution in [0.3, 0.4) is 0 Å². The number of nitro groups is 1. The van der Waals surface area contributed by atoms with Gasteiger partial charge >= 0.3 is 47.8 Å². The Morgan fingerprint density at radius 2 is 0.624 bits per heavy atom. The van der Waals surface area contributed by atoms with Gasteiger partial charge in [0.15, 0.2) is 0 Å². The minimum Gasteiger partial charge on any atom is -0.478 e. The third-order valence-electron chi connectivity index (χ3n) is 24.0. The van der Waals surface area contributed by atoms with E-state index in [1.54, 1.807) is 183 Å². The molecule has 10 aromatic heterocycles. The molecule has 0 unspecified atom stereocenters. The molecular weight excluding hydrogens is 1970 g/mol. The topological polar surface area (TPSA) is 457 Å². The Hall–Kier alpha value is -16.0. The van der Waals surface area contributed by atoms with Gasteiger partial charge in [-0.2, -0.15) is 0 Å². The zero-order valence-electron chi connectivity index (χ0n) is 83.4. The first-order valence-corrected chi connectivity index (χ1v) is 52.0. The van der Waals surface area contributed by atoms with Crippen molar-refractivity contribution in [3.63, 3.8) is 0 Å². The number of imidazole rings is 5. The Morgan fingerprint density at radius 1 is 0.329 bits per heavy atom. The number of carboxylic acid groups (broad SMARTS) is 8. The molecule has 0 amide bonds. The summed E-state index contributed by atoms with van der Waals surface area (Å²) in [5.41, 5.74) is 9.89. The number of carbonyl (C=O) groups is 8. The van der Waals surface area contributed by atoms with Gasteiger partial charge in [-0.05, 0) is 186 Å². The molecule has 0 fully saturated rings. The molecule has 776 valence electrons. The summed E-state index contributed by atoms with van der Waals surface area (Å²) in [6, 6.07) is 52.8. The second kappa shape index (κ2) is 58.3. The molecule has 31 nitrogen and oxygen atoms in total. The summed E-state index contributed by atoms with van der Waals surface area (Å²) >= 11 is 10.9. The summed E-state index contributed by atoms with van der Waals surface area (Å²) in [5, 5.41) is 93.6. The Kier molecular flexibility index (Phi) is 44.4. The number of furan rings is 2. The lowest BCUT2D eigenvalue weighted by atomic mass is 10.1. The van der Waals surface area contributed by atoms with Crippen LogP contribution in [0, 0.1) is 10.1 Å². The van der Waals surface area contributed by atoms with Crippen LogP contribution in [0.15, 0.2) is 278 Å². The number of thiophene rings is 3. The Morgan fingerprint density at radius 3 is 0.906 bits per heavy atom. The second-order valence-electron chi connectivity index (χ2n) is 34.9. The van der Waals surface area contributed by atoms with E-state index >= 15 is 0 Å². The fraction of sp³-hybridized carbons (Fsp3) is 0.272. The van der Waals surface area contributed by atoms with E-state index in [1.807, 2.05) is 99.6 Å². The first kappa shape index (κ1) is 113. The van der Waals surface area contributed by atoms with Gasteiger partial charge < -0.3 is 72.5 Å². The van der Waals surface area contributed by atoms with Gasteiger partial charge in [0.1, 0.15) is 40.6 Å². The molecular formula is C114H120ClN11O20S3. The minimum absolute atomic E-state index is 0.0413. The van der Waals surface area contributed by atoms with E-state index in [1.165, 1.54) is 52.8 Å². The van der Waals surface area contributed by atoms with Gasteiger partial charge in [0.25, 0.3) is 5.69 Å². The molecule has 0 saturated heterocycles. The van der Waals surface area contributed by atoms with E-state index in [4.69, 9.17) is 35.8 Å². The van der Waals surface area contributed by atoms with Gasteiger partial charge in [0.2, 0.25) is 0 Å². The number of halogens is 1. The Balaban J connectivity index is 0.000000177. The van der Waals surface area contributed by atoms with Gasteiger partial charge in [0, 0.05) is 143 Å². The highest BCUT2D eigenvalue weighted by Gasteiger charge is 2.25. The van der Waals surface area contributed by atoms with E-state index in [2.05, 4.69) is 59.5 Å². The largest absolute Gasteiger partial charge is 0.478 e. The van der Waals surface area contributed by atoms with Crippen molar-refractivity contribution in [1.82, 2.24) is 47.8 Å². The van der Waals surface area contributed by atoms with Gasteiger partial charge in [0.05, 0.1) is 107 Å². The molecule has 15 aromatic rings. The van der Waals surface area contributed by atoms with Crippen LogP contribution in [-0.4, -0.2) is 141 Å². The third-order valence-corrected chi connectivity index (χ3v) is 27.0. The molecule has 0 aliphatic carbocycles. The van der Waals surface area contributed by atoms with Gasteiger partial charge in [-0.25, -0.2) is 63.3 Å². The second-order valence-corrected chi connectivity index (χ2v) is 38.4. The Bertz CT molecular complexity index is 7080. The average molecular weight is 2100 g/mol. The molecule has 0 saturated carbocycles. The number of aryl methyl sites for hydroxylation is 5. The minimum atomic E-state index is -1.01. The number of para-hydroxylation sites is 1. The lowest BCUT2D eigenvalue weighted by molar-refractivity contribution is -0.385. The molecule has 10 heterocycles. The molecule has 15 rings (SSSR count). The SMILES string of the molecule is CCCCCCc1ncc(/C=C(\Cc2cccs2)C(=O)O)n1Cc1ccc(C(=O)O)cc1.CCCCc1ncc(/C=C(\Cc2ccco2)C(=O)O)n1Cc1ccc(C(=O)O)cc1.CCCCc1ncc(/C=C(\Cc2ccco2)C(=O)O)n1Cc1ccccc1Cl.CCCCc1ncc(/C=C(\Cc2cccs2)C(=O)O)n1Cc1ccccc1[N+](=O)[O-].CCCc1ncc(/C=C(\Cc2cccs2)C(=O)O)n1Cc1ccc(C(=O)O)cc1. The molecule has 35 heteroatoms. The lowest BCUT2D eigenvalue weighted by Crippen LogP contribution is -2.10. The van der Waals surface area contributed by atoms with E-state index < -0.39 is 52.7 Å². The van der Waals surface area contributed by atoms with Crippen LogP contribution in [0.5, 0.6) is 0 Å². The van der Waals surface area contributed by atoms with E-state index in [0.29, 0.717) is 90.1 Å². The molecule has 149 heavy (non-hydrogen) atoms. The van der Waals surface area contributed by atoms with Crippen molar-refractivity contribution in [2.75, 3.05) is 0 Å². The normalized spacial score (nSPS) is 11.6. The number of benzene rings is 5. The van der Waals surface area contributed by atoms with Crippen LogP contribution in [0.25, 0.3) is 30.4 Å². The number of aliphatic carboxylic acids is 5. The van der Waals surface area contributed by atoms with E-state index in [-0.39, 0.29) is 58.5 Å². The quantitative estimate of drug-likeness (QED) is 0.00759. The molecule has 0 spiro atoms. The summed E-state index contributed by atoms with van der Waals surface area (Å²) in [6.45, 7) is 12.8. The zero-order valence-corrected chi connectivity index (χ0v) is 86.6. The standard InChI is InChI=1S/C25H28N2O4S.C23H24N2O5.C22H23ClN2O3.C22H23N3O4S.C22H22N2O4S/c1-2-3-4-5-8-23-26-16-21(14-20(25(30)31)15-22-7-6-13-32-22)27(23)17-18-9-11-19(12-10-18)24(28)29;1-2-3-6-21-24-14-19(12-18(23(28)29)13-20-5-4-11-30-20)25(21)15-16-7-9-17(10-8-16)22(26)27;1-2-3-10-21-24-14-18(25(21)15-16-7-4-5-9-20(16)23)12-17(22(26)27)13-19-8-6-11-28-19;1-2-3-10-21-23-14-18(12-17(22(26)27)13-19-8-6-11-30-19)24(21)15-16-7-4-5-9-20(16)25(28)29;1-2-4-20-23-13-18(11-17(22(27)28)12-19-5-3-10-29-19)24(20)14-15-6-8-16(9-7-15)21(25)26/h6-7,9-14,16H,2-5,8,15,17H2,1H3,(H,28,29)(H,30,31);4-5,7-12,14H,2-3,6,13,15H2,1H3,(H,26,27)(H,28,29);4-9,11-12,14H,2-3,10,13,15H2,1H3,(H,26,27);4-9,11-12,14H,2-3,10,13,15H2,1H3,(H,26,27);3,5-11,13H,2,4,12,14H2,1H3,(H,25,26)(H,27,28)/b20-14+;18-12+;2*17-12+;17-11+. The number of aromatic carboxylic acids is 3. The molecule has 0 aliphatic rings. The zero-order chi connectivity index (χ0) is 107. The van der Waals surface area contributed by atoms with Gasteiger partial charge in [-0.3, -0.25) is 10.1 Å². The number of unbranched alkanes of at least 4 members (excludes halogenated alkanes) is 6. The number of aromatic nitrogens is 10. The van der Waals surface area contributed by atoms with Crippen molar-refractivity contribution in [3.8, 4) is 0 Å². The summed E-state index contributed by atoms with van der Waals surface area (Å²) < 4.78 is 20.5. The van der Waals surface area contributed by atoms with Crippen LogP contribution < -0.4 is 0 Å². The molecule has 8 N–H and O–H groups in total. The summed E-state index contributed by atoms with van der Waals surface area (Å²) in [7, 11) is 0. The van der Waals surface area contributed by atoms with Crippen LogP contribution >= 0.6 is 45.6 Å². The number of hydrogen-bond acceptors (Lipinski definition) is 20. The molecule has 5 aromatic carbocycles. The van der Waals surface area contributed by atoms with Crippen molar-refractivity contribution in [2.24, 2.45) is 0 Å². The van der Waals surface area contributed by atoms with Crippen molar-refractivity contribution < 1.29 is 93.0 Å². The van der Waals surface area contributed by atoms with Crippen LogP contribution in [0.4, 0.5) is 5.69 Å². The predicted molar refractivity (Wildman–Crippen MR) is 576 cm³/mol. The smallest absolute Gasteiger partial charge is 0.335 e. The maximum atomic E-state index is 11.9. The number of rotatable bonds is 50. The predicted octanol–water partition coefficient (Wildman–Crippen LogP) is 24.3. The maximum Gasteiger partial charge on any atom is 0.335 e. The van der Waals surface area contributed by atoms with Crippen molar-refractivity contribution in [1.29, 1.82) is 0 Å². The highest BCUT2D eigenvalue weighted by molar-refractivity contribution is 7.10. The summed E-state index contributed by atoms with van der Waals surface area (Å²) in [6.07, 6.45) is 36.6. The van der Waals surface area contributed by atoms with Gasteiger partial charge in [-0.15, -0.1) is 34.0 Å². The molecule has 0 atom stereocenters. The highest BCUT2D eigenvalue weighted by atomic mass is 35.5. The maximum absolute atomic E-state index is 11.9. The fourth-order valence-corrected chi connectivity index (χ4v) is 18.4. The van der Waals surface area contributed by atoms with Crippen molar-refractivity contribution >= 4 is 129 Å². The van der Waals surface area contributed by atoms with Crippen molar-refractivity contribution in [2.45, 2.75) is 202 Å². The van der Waals surface area contributed by atoms with Crippen LogP contribution in [0.1, 0.15) is 248 Å². The highest BCUT2D eigenvalue weighted by Crippen LogP contribution is 2.30. The van der Waals surface area contributed by atoms with Crippen LogP contribution in [0.2, 0.25) is 5.02 Å². The van der Waals surface area contributed by atoms with E-state index in [0.717, 1.165) is 179 Å². The number of nitrogens with zero attached hydrogens (tertiary/aromatic N) is 11. The van der Waals surface area contributed by atoms with Crippen molar-refractivity contribution in [3.05, 3.63) is 413 Å².